The molecule has 0 radical (unpaired) electrons. The third kappa shape index (κ3) is 4.39. The van der Waals surface area contributed by atoms with Crippen LogP contribution in [0.1, 0.15) is 15.9 Å². The molecule has 0 bridgehead atoms. The first-order chi connectivity index (χ1) is 11.7. The van der Waals surface area contributed by atoms with Gasteiger partial charge in [-0.15, -0.1) is 11.8 Å². The van der Waals surface area contributed by atoms with E-state index in [0.29, 0.717) is 5.56 Å². The highest BCUT2D eigenvalue weighted by atomic mass is 32.2. The van der Waals surface area contributed by atoms with Crippen molar-refractivity contribution in [2.75, 3.05) is 11.6 Å². The van der Waals surface area contributed by atoms with Crippen LogP contribution in [-0.2, 0) is 5.75 Å². The molecule has 1 amide bonds. The lowest BCUT2D eigenvalue weighted by Gasteiger charge is -2.07. The van der Waals surface area contributed by atoms with Crippen molar-refractivity contribution in [2.45, 2.75) is 15.8 Å². The van der Waals surface area contributed by atoms with Crippen LogP contribution < -0.4 is 5.32 Å². The lowest BCUT2D eigenvalue weighted by Crippen LogP contribution is -2.12. The molecule has 0 saturated carbocycles. The van der Waals surface area contributed by atoms with Gasteiger partial charge in [0.05, 0.1) is 0 Å². The van der Waals surface area contributed by atoms with E-state index in [0.717, 1.165) is 22.2 Å². The van der Waals surface area contributed by atoms with Crippen LogP contribution in [0.5, 0.6) is 0 Å². The summed E-state index contributed by atoms with van der Waals surface area (Å²) in [6.45, 7) is 0. The molecule has 0 aliphatic rings. The van der Waals surface area contributed by atoms with Crippen LogP contribution in [0, 0.1) is 0 Å². The van der Waals surface area contributed by atoms with Crippen LogP contribution in [0.15, 0.2) is 64.9 Å². The number of hydrogen-bond donors (Lipinski definition) is 2. The first-order valence-electron chi connectivity index (χ1n) is 7.27. The second-order valence-electron chi connectivity index (χ2n) is 4.96. The Labute approximate surface area is 148 Å². The van der Waals surface area contributed by atoms with Gasteiger partial charge in [-0.1, -0.05) is 23.9 Å². The van der Waals surface area contributed by atoms with Gasteiger partial charge in [-0.3, -0.25) is 9.89 Å². The molecule has 3 rings (SSSR count). The number of aromatic nitrogens is 3. The number of rotatable bonds is 6. The molecule has 1 heterocycles. The maximum Gasteiger partial charge on any atom is 0.255 e. The smallest absolute Gasteiger partial charge is 0.255 e. The van der Waals surface area contributed by atoms with Crippen molar-refractivity contribution in [1.82, 2.24) is 15.2 Å². The standard InChI is InChI=1S/C17H16N4OS2/c1-23-15-7-5-14(6-8-15)20-16(22)13-4-2-3-12(9-13)10-24-17-18-11-19-21-17/h2-9,11H,10H2,1H3,(H,20,22)(H,18,19,21). The number of carbonyl (C=O) groups is 1. The van der Waals surface area contributed by atoms with Crippen LogP contribution in [0.3, 0.4) is 0 Å². The molecule has 2 aromatic carbocycles. The molecule has 0 spiro atoms. The van der Waals surface area contributed by atoms with Crippen molar-refractivity contribution in [3.8, 4) is 0 Å². The summed E-state index contributed by atoms with van der Waals surface area (Å²) in [4.78, 5) is 17.6. The van der Waals surface area contributed by atoms with Crippen molar-refractivity contribution >= 4 is 35.1 Å². The van der Waals surface area contributed by atoms with Gasteiger partial charge in [0.15, 0.2) is 5.16 Å². The monoisotopic (exact) mass is 356 g/mol. The topological polar surface area (TPSA) is 70.7 Å². The van der Waals surface area contributed by atoms with Crippen LogP contribution in [0.4, 0.5) is 5.69 Å². The summed E-state index contributed by atoms with van der Waals surface area (Å²) in [7, 11) is 0. The molecule has 0 saturated heterocycles. The van der Waals surface area contributed by atoms with Crippen LogP contribution >= 0.6 is 23.5 Å². The van der Waals surface area contributed by atoms with E-state index >= 15 is 0 Å². The van der Waals surface area contributed by atoms with E-state index in [1.807, 2.05) is 54.8 Å². The minimum atomic E-state index is -0.113. The van der Waals surface area contributed by atoms with Crippen LogP contribution in [-0.4, -0.2) is 27.3 Å². The fraction of sp³-hybridized carbons (Fsp3) is 0.118. The van der Waals surface area contributed by atoms with Gasteiger partial charge in [0.2, 0.25) is 0 Å². The number of anilines is 1. The molecule has 2 N–H and O–H groups in total. The Balaban J connectivity index is 1.64. The zero-order valence-corrected chi connectivity index (χ0v) is 14.7. The molecular formula is C17H16N4OS2. The molecule has 0 unspecified atom stereocenters. The second-order valence-corrected chi connectivity index (χ2v) is 6.81. The molecular weight excluding hydrogens is 340 g/mol. The molecule has 0 fully saturated rings. The summed E-state index contributed by atoms with van der Waals surface area (Å²) in [6, 6.07) is 15.4. The molecule has 5 nitrogen and oxygen atoms in total. The Morgan fingerprint density at radius 3 is 2.75 bits per heavy atom. The Hall–Kier alpha value is -2.25. The van der Waals surface area contributed by atoms with Crippen LogP contribution in [0.25, 0.3) is 0 Å². The number of H-pyrrole nitrogens is 1. The summed E-state index contributed by atoms with van der Waals surface area (Å²) in [5.74, 6) is 0.608. The summed E-state index contributed by atoms with van der Waals surface area (Å²) >= 11 is 3.22. The third-order valence-electron chi connectivity index (χ3n) is 3.31. The van der Waals surface area contributed by atoms with E-state index in [-0.39, 0.29) is 5.91 Å². The van der Waals surface area contributed by atoms with Gasteiger partial charge in [-0.2, -0.15) is 5.10 Å². The van der Waals surface area contributed by atoms with Crippen molar-refractivity contribution in [2.24, 2.45) is 0 Å². The summed E-state index contributed by atoms with van der Waals surface area (Å²) in [5.41, 5.74) is 2.49. The zero-order chi connectivity index (χ0) is 16.8. The molecule has 122 valence electrons. The largest absolute Gasteiger partial charge is 0.322 e. The van der Waals surface area contributed by atoms with E-state index in [9.17, 15) is 4.79 Å². The van der Waals surface area contributed by atoms with Crippen molar-refractivity contribution in [3.05, 3.63) is 66.0 Å². The highest BCUT2D eigenvalue weighted by Crippen LogP contribution is 2.20. The molecule has 3 aromatic rings. The van der Waals surface area contributed by atoms with E-state index < -0.39 is 0 Å². The maximum atomic E-state index is 12.4. The number of thioether (sulfide) groups is 2. The lowest BCUT2D eigenvalue weighted by molar-refractivity contribution is 0.102. The zero-order valence-electron chi connectivity index (χ0n) is 13.0. The number of nitrogens with zero attached hydrogens (tertiary/aromatic N) is 2. The van der Waals surface area contributed by atoms with E-state index in [1.165, 1.54) is 11.2 Å². The fourth-order valence-corrected chi connectivity index (χ4v) is 3.23. The number of benzene rings is 2. The van der Waals surface area contributed by atoms with Gasteiger partial charge in [-0.25, -0.2) is 4.98 Å². The highest BCUT2D eigenvalue weighted by Gasteiger charge is 2.07. The molecule has 7 heteroatoms. The number of nitrogens with one attached hydrogen (secondary N) is 2. The normalized spacial score (nSPS) is 10.5. The quantitative estimate of drug-likeness (QED) is 0.652. The van der Waals surface area contributed by atoms with E-state index in [1.54, 1.807) is 23.5 Å². The third-order valence-corrected chi connectivity index (χ3v) is 5.00. The number of hydrogen-bond acceptors (Lipinski definition) is 5. The molecule has 0 atom stereocenters. The van der Waals surface area contributed by atoms with Crippen molar-refractivity contribution in [1.29, 1.82) is 0 Å². The first-order valence-corrected chi connectivity index (χ1v) is 9.48. The first kappa shape index (κ1) is 16.6. The van der Waals surface area contributed by atoms with Crippen molar-refractivity contribution in [3.63, 3.8) is 0 Å². The van der Waals surface area contributed by atoms with Crippen molar-refractivity contribution < 1.29 is 4.79 Å². The molecule has 24 heavy (non-hydrogen) atoms. The highest BCUT2D eigenvalue weighted by molar-refractivity contribution is 7.98. The Kier molecular flexibility index (Phi) is 5.55. The molecule has 1 aromatic heterocycles. The van der Waals surface area contributed by atoms with Gasteiger partial charge in [0.25, 0.3) is 5.91 Å². The Bertz CT molecular complexity index is 804. The van der Waals surface area contributed by atoms with Gasteiger partial charge in [-0.05, 0) is 48.2 Å². The van der Waals surface area contributed by atoms with Gasteiger partial charge in [0, 0.05) is 21.9 Å². The predicted octanol–water partition coefficient (Wildman–Crippen LogP) is 4.07. The minimum absolute atomic E-state index is 0.113. The fourth-order valence-electron chi connectivity index (χ4n) is 2.10. The average molecular weight is 356 g/mol. The Morgan fingerprint density at radius 2 is 2.04 bits per heavy atom. The maximum absolute atomic E-state index is 12.4. The number of aromatic amines is 1. The number of carbonyl (C=O) groups excluding carboxylic acids is 1. The molecule has 0 aliphatic heterocycles. The predicted molar refractivity (Wildman–Crippen MR) is 98.6 cm³/mol. The summed E-state index contributed by atoms with van der Waals surface area (Å²) < 4.78 is 0. The Morgan fingerprint density at radius 1 is 1.21 bits per heavy atom. The van der Waals surface area contributed by atoms with Gasteiger partial charge in [0.1, 0.15) is 6.33 Å². The van der Waals surface area contributed by atoms with Crippen LogP contribution in [0.2, 0.25) is 0 Å². The molecule has 0 aliphatic carbocycles. The summed E-state index contributed by atoms with van der Waals surface area (Å²) in [6.07, 6.45) is 3.50. The van der Waals surface area contributed by atoms with Gasteiger partial charge >= 0.3 is 0 Å². The van der Waals surface area contributed by atoms with E-state index in [2.05, 4.69) is 20.5 Å². The van der Waals surface area contributed by atoms with Gasteiger partial charge < -0.3 is 5.32 Å². The lowest BCUT2D eigenvalue weighted by atomic mass is 10.1. The second kappa shape index (κ2) is 8.03. The number of amides is 1. The average Bonchev–Trinajstić information content (AvgIpc) is 3.14. The minimum Gasteiger partial charge on any atom is -0.322 e. The summed E-state index contributed by atoms with van der Waals surface area (Å²) in [5, 5.41) is 10.3. The van der Waals surface area contributed by atoms with E-state index in [4.69, 9.17) is 0 Å². The SMILES string of the molecule is CSc1ccc(NC(=O)c2cccc(CSc3ncn[nH]3)c2)cc1.